The van der Waals surface area contributed by atoms with E-state index in [2.05, 4.69) is 42.6 Å². The van der Waals surface area contributed by atoms with Gasteiger partial charge in [0.1, 0.15) is 17.3 Å². The van der Waals surface area contributed by atoms with Gasteiger partial charge < -0.3 is 26.2 Å². The van der Waals surface area contributed by atoms with E-state index in [0.29, 0.717) is 34.5 Å². The van der Waals surface area contributed by atoms with Gasteiger partial charge in [-0.05, 0) is 50.4 Å². The SMILES string of the molecule is Cc1nc(N)cc(-c2c(Nc3ccc(NC(=O)N4CCN(C)CC4)cc3)nc3cccnn23)n1. The van der Waals surface area contributed by atoms with Crippen molar-refractivity contribution in [3.05, 3.63) is 54.5 Å². The summed E-state index contributed by atoms with van der Waals surface area (Å²) in [6, 6.07) is 12.8. The maximum absolute atomic E-state index is 12.5. The number of rotatable bonds is 4. The summed E-state index contributed by atoms with van der Waals surface area (Å²) < 4.78 is 1.72. The number of aryl methyl sites for hydroxylation is 1. The number of fused-ring (bicyclic) bond motifs is 1. The lowest BCUT2D eigenvalue weighted by atomic mass is 10.2. The van der Waals surface area contributed by atoms with E-state index in [1.54, 1.807) is 23.7 Å². The molecule has 174 valence electrons. The Labute approximate surface area is 196 Å². The zero-order valence-corrected chi connectivity index (χ0v) is 19.1. The fourth-order valence-electron chi connectivity index (χ4n) is 3.90. The van der Waals surface area contributed by atoms with E-state index in [0.717, 1.165) is 37.6 Å². The van der Waals surface area contributed by atoms with Gasteiger partial charge in [-0.1, -0.05) is 0 Å². The highest BCUT2D eigenvalue weighted by molar-refractivity contribution is 5.89. The van der Waals surface area contributed by atoms with Gasteiger partial charge in [-0.15, -0.1) is 0 Å². The third kappa shape index (κ3) is 4.46. The molecule has 4 heterocycles. The van der Waals surface area contributed by atoms with Gasteiger partial charge in [-0.2, -0.15) is 5.10 Å². The first-order valence-electron chi connectivity index (χ1n) is 11.0. The average Bonchev–Trinajstić information content (AvgIpc) is 3.18. The molecule has 0 spiro atoms. The number of amides is 2. The molecule has 0 bridgehead atoms. The fraction of sp³-hybridized carbons (Fsp3) is 0.261. The van der Waals surface area contributed by atoms with Crippen LogP contribution in [0.15, 0.2) is 48.7 Å². The van der Waals surface area contributed by atoms with Gasteiger partial charge in [-0.3, -0.25) is 0 Å². The van der Waals surface area contributed by atoms with E-state index in [4.69, 9.17) is 5.73 Å². The minimum Gasteiger partial charge on any atom is -0.384 e. The van der Waals surface area contributed by atoms with E-state index in [9.17, 15) is 4.79 Å². The number of piperazine rings is 1. The molecular weight excluding hydrogens is 432 g/mol. The number of benzene rings is 1. The predicted octanol–water partition coefficient (Wildman–Crippen LogP) is 2.60. The quantitative estimate of drug-likeness (QED) is 0.426. The summed E-state index contributed by atoms with van der Waals surface area (Å²) in [5.41, 5.74) is 9.47. The van der Waals surface area contributed by atoms with Gasteiger partial charge in [0.2, 0.25) is 0 Å². The molecular formula is C23H26N10O. The van der Waals surface area contributed by atoms with Crippen molar-refractivity contribution < 1.29 is 4.79 Å². The van der Waals surface area contributed by atoms with Crippen LogP contribution in [0, 0.1) is 6.92 Å². The molecule has 0 atom stereocenters. The van der Waals surface area contributed by atoms with Gasteiger partial charge in [0.25, 0.3) is 0 Å². The van der Waals surface area contributed by atoms with E-state index in [1.165, 1.54) is 0 Å². The zero-order chi connectivity index (χ0) is 23.7. The number of aromatic nitrogens is 5. The van der Waals surface area contributed by atoms with Crippen LogP contribution in [-0.4, -0.2) is 73.6 Å². The Morgan fingerprint density at radius 3 is 2.47 bits per heavy atom. The number of carbonyl (C=O) groups is 1. The summed E-state index contributed by atoms with van der Waals surface area (Å²) in [6.07, 6.45) is 1.69. The highest BCUT2D eigenvalue weighted by Gasteiger charge is 2.20. The van der Waals surface area contributed by atoms with Gasteiger partial charge in [0.05, 0.1) is 5.69 Å². The first-order valence-corrected chi connectivity index (χ1v) is 11.0. The number of hydrogen-bond acceptors (Lipinski definition) is 8. The summed E-state index contributed by atoms with van der Waals surface area (Å²) in [5.74, 6) is 1.53. The summed E-state index contributed by atoms with van der Waals surface area (Å²) in [6.45, 7) is 4.99. The Balaban J connectivity index is 1.38. The molecule has 0 aliphatic carbocycles. The van der Waals surface area contributed by atoms with Crippen LogP contribution in [0.1, 0.15) is 5.82 Å². The van der Waals surface area contributed by atoms with E-state index in [-0.39, 0.29) is 6.03 Å². The molecule has 34 heavy (non-hydrogen) atoms. The fourth-order valence-corrected chi connectivity index (χ4v) is 3.90. The van der Waals surface area contributed by atoms with Crippen molar-refractivity contribution in [1.82, 2.24) is 34.4 Å². The van der Waals surface area contributed by atoms with E-state index < -0.39 is 0 Å². The van der Waals surface area contributed by atoms with Crippen LogP contribution in [0.25, 0.3) is 17.0 Å². The lowest BCUT2D eigenvalue weighted by molar-refractivity contribution is 0.164. The number of imidazole rings is 1. The summed E-state index contributed by atoms with van der Waals surface area (Å²) in [5, 5.41) is 10.7. The van der Waals surface area contributed by atoms with Crippen LogP contribution in [-0.2, 0) is 0 Å². The number of nitrogens with one attached hydrogen (secondary N) is 2. The Kier molecular flexibility index (Phi) is 5.68. The van der Waals surface area contributed by atoms with Crippen molar-refractivity contribution in [3.8, 4) is 11.4 Å². The Bertz CT molecular complexity index is 1310. The van der Waals surface area contributed by atoms with Crippen molar-refractivity contribution in [2.45, 2.75) is 6.92 Å². The third-order valence-electron chi connectivity index (χ3n) is 5.68. The van der Waals surface area contributed by atoms with Crippen molar-refractivity contribution in [2.75, 3.05) is 49.6 Å². The molecule has 4 aromatic rings. The van der Waals surface area contributed by atoms with Crippen molar-refractivity contribution in [3.63, 3.8) is 0 Å². The molecule has 4 N–H and O–H groups in total. The molecule has 0 unspecified atom stereocenters. The molecule has 11 heteroatoms. The van der Waals surface area contributed by atoms with Gasteiger partial charge in [0.15, 0.2) is 11.5 Å². The van der Waals surface area contributed by atoms with Gasteiger partial charge >= 0.3 is 6.03 Å². The summed E-state index contributed by atoms with van der Waals surface area (Å²) in [7, 11) is 2.06. The van der Waals surface area contributed by atoms with Crippen molar-refractivity contribution in [1.29, 1.82) is 0 Å². The van der Waals surface area contributed by atoms with Crippen LogP contribution < -0.4 is 16.4 Å². The van der Waals surface area contributed by atoms with Gasteiger partial charge in [-0.25, -0.2) is 24.3 Å². The van der Waals surface area contributed by atoms with Crippen LogP contribution in [0.2, 0.25) is 0 Å². The maximum atomic E-state index is 12.5. The second-order valence-corrected chi connectivity index (χ2v) is 8.25. The Hall–Kier alpha value is -4.25. The second-order valence-electron chi connectivity index (χ2n) is 8.25. The molecule has 1 saturated heterocycles. The molecule has 3 aromatic heterocycles. The first kappa shape index (κ1) is 21.6. The number of anilines is 4. The normalized spacial score (nSPS) is 14.4. The second kappa shape index (κ2) is 8.94. The number of nitrogens with zero attached hydrogens (tertiary/aromatic N) is 7. The molecule has 1 aliphatic heterocycles. The summed E-state index contributed by atoms with van der Waals surface area (Å²) >= 11 is 0. The predicted molar refractivity (Wildman–Crippen MR) is 131 cm³/mol. The molecule has 1 aromatic carbocycles. The monoisotopic (exact) mass is 458 g/mol. The number of nitrogens with two attached hydrogens (primary N) is 1. The minimum absolute atomic E-state index is 0.0840. The topological polar surface area (TPSA) is 130 Å². The highest BCUT2D eigenvalue weighted by atomic mass is 16.2. The van der Waals surface area contributed by atoms with Crippen LogP contribution in [0.4, 0.5) is 27.8 Å². The molecule has 1 fully saturated rings. The standard InChI is InChI=1S/C23H26N10O/c1-15-26-18(14-19(24)27-15)21-22(30-20-4-3-9-25-33(20)21)28-16-5-7-17(8-6-16)29-23(34)32-12-10-31(2)11-13-32/h3-9,14,28H,10-13H2,1-2H3,(H,29,34)(H2,24,26,27). The molecule has 0 saturated carbocycles. The number of urea groups is 1. The van der Waals surface area contributed by atoms with Crippen LogP contribution in [0.5, 0.6) is 0 Å². The maximum Gasteiger partial charge on any atom is 0.321 e. The molecule has 5 rings (SSSR count). The van der Waals surface area contributed by atoms with Crippen molar-refractivity contribution in [2.24, 2.45) is 0 Å². The van der Waals surface area contributed by atoms with Gasteiger partial charge in [0, 0.05) is 49.8 Å². The molecule has 2 amide bonds. The molecule has 1 aliphatic rings. The van der Waals surface area contributed by atoms with E-state index >= 15 is 0 Å². The lowest BCUT2D eigenvalue weighted by Gasteiger charge is -2.32. The largest absolute Gasteiger partial charge is 0.384 e. The number of likely N-dealkylation sites (N-methyl/N-ethyl adjacent to an activating group) is 1. The molecule has 11 nitrogen and oxygen atoms in total. The smallest absolute Gasteiger partial charge is 0.321 e. The Morgan fingerprint density at radius 2 is 1.74 bits per heavy atom. The average molecular weight is 459 g/mol. The zero-order valence-electron chi connectivity index (χ0n) is 19.1. The third-order valence-corrected chi connectivity index (χ3v) is 5.68. The number of hydrogen-bond donors (Lipinski definition) is 3. The van der Waals surface area contributed by atoms with Crippen LogP contribution >= 0.6 is 0 Å². The van der Waals surface area contributed by atoms with Crippen LogP contribution in [0.3, 0.4) is 0 Å². The van der Waals surface area contributed by atoms with Crippen molar-refractivity contribution >= 4 is 34.7 Å². The van der Waals surface area contributed by atoms with E-state index in [1.807, 2.05) is 41.3 Å². The highest BCUT2D eigenvalue weighted by Crippen LogP contribution is 2.30. The minimum atomic E-state index is -0.0840. The summed E-state index contributed by atoms with van der Waals surface area (Å²) in [4.78, 5) is 30.0. The lowest BCUT2D eigenvalue weighted by Crippen LogP contribution is -2.48. The Morgan fingerprint density at radius 1 is 1.00 bits per heavy atom. The first-order chi connectivity index (χ1) is 16.5. The number of carbonyl (C=O) groups excluding carboxylic acids is 1. The molecule has 0 radical (unpaired) electrons. The number of nitrogen functional groups attached to an aromatic ring is 1.